The number of hydrogen-bond donors (Lipinski definition) is 1. The van der Waals surface area contributed by atoms with Crippen LogP contribution in [0.3, 0.4) is 0 Å². The van der Waals surface area contributed by atoms with Crippen molar-refractivity contribution in [3.8, 4) is 0 Å². The predicted molar refractivity (Wildman–Crippen MR) is 23.6 cm³/mol. The molecule has 0 amide bonds. The summed E-state index contributed by atoms with van der Waals surface area (Å²) in [7, 11) is 0. The Bertz CT molecular complexity index is 89.1. The third-order valence-electron chi connectivity index (χ3n) is 0.799. The minimum absolute atomic E-state index is 0.0417. The SMILES string of the molecule is [O-][N+]1(O)CC=NC1. The van der Waals surface area contributed by atoms with Crippen LogP contribution in [0.2, 0.25) is 0 Å². The number of aliphatic imine (C=N–C) groups is 1. The molecule has 7 heavy (non-hydrogen) atoms. The molecule has 1 N–H and O–H groups in total. The van der Waals surface area contributed by atoms with Crippen LogP contribution < -0.4 is 0 Å². The Balaban J connectivity index is 2.49. The standard InChI is InChI=1S/C3H6N2O2/c6-5(7)2-1-4-3-5/h1,6H,2-3H2. The largest absolute Gasteiger partial charge is 0.597 e. The van der Waals surface area contributed by atoms with Gasteiger partial charge in [0, 0.05) is 0 Å². The molecule has 0 aromatic rings. The molecule has 1 aliphatic rings. The Morgan fingerprint density at radius 3 is 2.71 bits per heavy atom. The number of hydrogen-bond acceptors (Lipinski definition) is 3. The Morgan fingerprint density at radius 2 is 2.57 bits per heavy atom. The lowest BCUT2D eigenvalue weighted by molar-refractivity contribution is -1.05. The Morgan fingerprint density at radius 1 is 1.86 bits per heavy atom. The number of nitrogens with zero attached hydrogens (tertiary/aromatic N) is 2. The highest BCUT2D eigenvalue weighted by Crippen LogP contribution is 2.00. The normalized spacial score (nSPS) is 39.7. The first-order valence-electron chi connectivity index (χ1n) is 2.00. The van der Waals surface area contributed by atoms with Gasteiger partial charge in [0.15, 0.2) is 0 Å². The van der Waals surface area contributed by atoms with E-state index in [-0.39, 0.29) is 13.2 Å². The van der Waals surface area contributed by atoms with Gasteiger partial charge in [-0.2, -0.15) is 4.81 Å². The Hall–Kier alpha value is -0.450. The van der Waals surface area contributed by atoms with Crippen molar-refractivity contribution in [2.24, 2.45) is 4.99 Å². The molecule has 0 fully saturated rings. The van der Waals surface area contributed by atoms with Gasteiger partial charge in [-0.1, -0.05) is 0 Å². The molecule has 1 unspecified atom stereocenters. The molecule has 1 rings (SSSR count). The zero-order valence-corrected chi connectivity index (χ0v) is 3.74. The van der Waals surface area contributed by atoms with E-state index in [1.165, 1.54) is 6.21 Å². The molecule has 4 nitrogen and oxygen atoms in total. The van der Waals surface area contributed by atoms with E-state index in [1.54, 1.807) is 0 Å². The lowest BCUT2D eigenvalue weighted by atomic mass is 10.7. The fraction of sp³-hybridized carbons (Fsp3) is 0.667. The van der Waals surface area contributed by atoms with Crippen molar-refractivity contribution in [1.29, 1.82) is 0 Å². The molecule has 4 heteroatoms. The van der Waals surface area contributed by atoms with E-state index in [0.717, 1.165) is 0 Å². The maximum Gasteiger partial charge on any atom is 0.202 e. The highest BCUT2D eigenvalue weighted by Gasteiger charge is 2.14. The summed E-state index contributed by atoms with van der Waals surface area (Å²) in [6.07, 6.45) is 1.42. The van der Waals surface area contributed by atoms with Crippen molar-refractivity contribution >= 4 is 6.21 Å². The van der Waals surface area contributed by atoms with Gasteiger partial charge in [-0.15, -0.1) is 0 Å². The van der Waals surface area contributed by atoms with Crippen LogP contribution >= 0.6 is 0 Å². The minimum Gasteiger partial charge on any atom is -0.597 e. The van der Waals surface area contributed by atoms with Crippen LogP contribution in [0, 0.1) is 5.21 Å². The van der Waals surface area contributed by atoms with Crippen molar-refractivity contribution in [1.82, 2.24) is 0 Å². The maximum atomic E-state index is 10.3. The molecule has 0 aliphatic carbocycles. The lowest BCUT2D eigenvalue weighted by Gasteiger charge is -2.25. The second kappa shape index (κ2) is 1.26. The summed E-state index contributed by atoms with van der Waals surface area (Å²) in [5.74, 6) is 0. The van der Waals surface area contributed by atoms with E-state index in [2.05, 4.69) is 4.99 Å². The van der Waals surface area contributed by atoms with Gasteiger partial charge in [-0.3, -0.25) is 0 Å². The zero-order chi connectivity index (χ0) is 5.33. The monoisotopic (exact) mass is 102 g/mol. The molecular weight excluding hydrogens is 96.0 g/mol. The van der Waals surface area contributed by atoms with Crippen LogP contribution in [0.4, 0.5) is 0 Å². The topological polar surface area (TPSA) is 55.6 Å². The summed E-state index contributed by atoms with van der Waals surface area (Å²) in [4.78, 5) is 2.30. The van der Waals surface area contributed by atoms with Gasteiger partial charge in [-0.05, 0) is 0 Å². The molecule has 1 heterocycles. The summed E-state index contributed by atoms with van der Waals surface area (Å²) < 4.78 is 0. The highest BCUT2D eigenvalue weighted by atomic mass is 16.8. The molecule has 0 spiro atoms. The number of hydroxylamine groups is 4. The van der Waals surface area contributed by atoms with Gasteiger partial charge >= 0.3 is 0 Å². The lowest BCUT2D eigenvalue weighted by Crippen LogP contribution is -2.35. The Kier molecular flexibility index (Phi) is 0.846. The van der Waals surface area contributed by atoms with Gasteiger partial charge in [0.1, 0.15) is 6.54 Å². The van der Waals surface area contributed by atoms with Gasteiger partial charge in [-0.25, -0.2) is 10.2 Å². The molecule has 0 aromatic carbocycles. The van der Waals surface area contributed by atoms with Crippen molar-refractivity contribution in [2.45, 2.75) is 0 Å². The molecular formula is C3H6N2O2. The summed E-state index contributed by atoms with van der Waals surface area (Å²) in [6.45, 7) is 0.0556. The first-order chi connectivity index (χ1) is 3.21. The van der Waals surface area contributed by atoms with E-state index in [1.807, 2.05) is 0 Å². The molecule has 0 radical (unpaired) electrons. The van der Waals surface area contributed by atoms with Crippen LogP contribution in [-0.4, -0.2) is 29.4 Å². The first kappa shape index (κ1) is 4.70. The molecule has 40 valence electrons. The smallest absolute Gasteiger partial charge is 0.202 e. The number of quaternary nitrogens is 1. The van der Waals surface area contributed by atoms with E-state index >= 15 is 0 Å². The highest BCUT2D eigenvalue weighted by molar-refractivity contribution is 5.59. The predicted octanol–water partition coefficient (Wildman–Crippen LogP) is -0.268. The third-order valence-corrected chi connectivity index (χ3v) is 0.799. The molecule has 0 saturated carbocycles. The third kappa shape index (κ3) is 0.957. The molecule has 0 aromatic heterocycles. The van der Waals surface area contributed by atoms with Crippen LogP contribution in [0.5, 0.6) is 0 Å². The molecule has 1 aliphatic heterocycles. The fourth-order valence-electron chi connectivity index (χ4n) is 0.428. The summed E-state index contributed by atoms with van der Waals surface area (Å²) in [6, 6.07) is 0. The summed E-state index contributed by atoms with van der Waals surface area (Å²) in [5.41, 5.74) is 0. The second-order valence-electron chi connectivity index (χ2n) is 1.54. The first-order valence-corrected chi connectivity index (χ1v) is 2.00. The second-order valence-corrected chi connectivity index (χ2v) is 1.54. The molecule has 0 saturated heterocycles. The van der Waals surface area contributed by atoms with Gasteiger partial charge in [0.2, 0.25) is 6.67 Å². The average molecular weight is 102 g/mol. The van der Waals surface area contributed by atoms with Crippen molar-refractivity contribution in [3.63, 3.8) is 0 Å². The summed E-state index contributed by atoms with van der Waals surface area (Å²) >= 11 is 0. The van der Waals surface area contributed by atoms with E-state index in [9.17, 15) is 5.21 Å². The Labute approximate surface area is 40.8 Å². The fourth-order valence-corrected chi connectivity index (χ4v) is 0.428. The van der Waals surface area contributed by atoms with Crippen LogP contribution in [0.1, 0.15) is 0 Å². The maximum absolute atomic E-state index is 10.3. The van der Waals surface area contributed by atoms with Gasteiger partial charge in [0.05, 0.1) is 6.21 Å². The minimum atomic E-state index is -1.22. The van der Waals surface area contributed by atoms with Gasteiger partial charge < -0.3 is 5.21 Å². The van der Waals surface area contributed by atoms with Crippen molar-refractivity contribution < 1.29 is 10.0 Å². The van der Waals surface area contributed by atoms with Crippen LogP contribution in [-0.2, 0) is 0 Å². The van der Waals surface area contributed by atoms with Crippen LogP contribution in [0.15, 0.2) is 4.99 Å². The van der Waals surface area contributed by atoms with Gasteiger partial charge in [0.25, 0.3) is 0 Å². The molecule has 1 atom stereocenters. The van der Waals surface area contributed by atoms with Crippen LogP contribution in [0.25, 0.3) is 0 Å². The average Bonchev–Trinajstić information content (AvgIpc) is 1.84. The van der Waals surface area contributed by atoms with E-state index in [0.29, 0.717) is 0 Å². The quantitative estimate of drug-likeness (QED) is 0.338. The summed E-state index contributed by atoms with van der Waals surface area (Å²) in [5, 5.41) is 18.7. The van der Waals surface area contributed by atoms with Crippen molar-refractivity contribution in [3.05, 3.63) is 5.21 Å². The zero-order valence-electron chi connectivity index (χ0n) is 3.74. The number of rotatable bonds is 0. The molecule has 0 bridgehead atoms. The van der Waals surface area contributed by atoms with Crippen molar-refractivity contribution in [2.75, 3.05) is 13.2 Å². The van der Waals surface area contributed by atoms with E-state index < -0.39 is 4.81 Å². The van der Waals surface area contributed by atoms with E-state index in [4.69, 9.17) is 5.21 Å².